The minimum Gasteiger partial charge on any atom is -0.302 e. The molecule has 2 aromatic rings. The second-order valence-corrected chi connectivity index (χ2v) is 4.70. The van der Waals surface area contributed by atoms with E-state index >= 15 is 0 Å². The summed E-state index contributed by atoms with van der Waals surface area (Å²) in [5.74, 6) is 0.690. The summed E-state index contributed by atoms with van der Waals surface area (Å²) in [7, 11) is 0. The van der Waals surface area contributed by atoms with Gasteiger partial charge in [0, 0.05) is 15.8 Å². The van der Waals surface area contributed by atoms with Crippen molar-refractivity contribution in [3.05, 3.63) is 27.7 Å². The molecule has 2 aromatic heterocycles. The Balaban J connectivity index is 1.90. The van der Waals surface area contributed by atoms with E-state index in [0.29, 0.717) is 18.4 Å². The Morgan fingerprint density at radius 3 is 3.00 bits per heavy atom. The maximum absolute atomic E-state index is 3.88. The van der Waals surface area contributed by atoms with E-state index in [0.717, 1.165) is 0 Å². The van der Waals surface area contributed by atoms with Crippen LogP contribution in [0.3, 0.4) is 0 Å². The van der Waals surface area contributed by atoms with Crippen molar-refractivity contribution < 1.29 is 0 Å². The van der Waals surface area contributed by atoms with Crippen molar-refractivity contribution >= 4 is 11.3 Å². The molecule has 0 aliphatic carbocycles. The lowest BCUT2D eigenvalue weighted by molar-refractivity contribution is 0.567. The SMILES string of the molecule is Cc1ccc(C(C)NCc2nn[nH]n2)s1. The lowest BCUT2D eigenvalue weighted by atomic mass is 10.3. The first-order valence-corrected chi connectivity index (χ1v) is 5.59. The van der Waals surface area contributed by atoms with Gasteiger partial charge in [0.05, 0.1) is 6.54 Å². The van der Waals surface area contributed by atoms with Gasteiger partial charge < -0.3 is 5.32 Å². The van der Waals surface area contributed by atoms with Crippen molar-refractivity contribution in [1.82, 2.24) is 25.9 Å². The van der Waals surface area contributed by atoms with Crippen molar-refractivity contribution in [2.24, 2.45) is 0 Å². The number of nitrogens with one attached hydrogen (secondary N) is 2. The Bertz CT molecular complexity index is 408. The Morgan fingerprint density at radius 2 is 2.40 bits per heavy atom. The van der Waals surface area contributed by atoms with Gasteiger partial charge in [-0.1, -0.05) is 5.21 Å². The first kappa shape index (κ1) is 10.3. The summed E-state index contributed by atoms with van der Waals surface area (Å²) in [6.45, 7) is 4.88. The van der Waals surface area contributed by atoms with Crippen LogP contribution >= 0.6 is 11.3 Å². The van der Waals surface area contributed by atoms with Crippen LogP contribution in [0, 0.1) is 6.92 Å². The van der Waals surface area contributed by atoms with Gasteiger partial charge in [-0.05, 0) is 26.0 Å². The number of tetrazole rings is 1. The Kier molecular flexibility index (Phi) is 3.08. The molecule has 5 nitrogen and oxygen atoms in total. The van der Waals surface area contributed by atoms with Crippen LogP contribution in [0.15, 0.2) is 12.1 Å². The van der Waals surface area contributed by atoms with Crippen LogP contribution in [-0.2, 0) is 6.54 Å². The molecule has 0 fully saturated rings. The molecule has 0 aliphatic heterocycles. The minimum absolute atomic E-state index is 0.321. The van der Waals surface area contributed by atoms with Crippen LogP contribution in [0.25, 0.3) is 0 Å². The molecule has 2 heterocycles. The summed E-state index contributed by atoms with van der Waals surface area (Å²) in [6, 6.07) is 4.60. The van der Waals surface area contributed by atoms with Gasteiger partial charge in [-0.3, -0.25) is 0 Å². The molecule has 0 amide bonds. The molecule has 0 saturated heterocycles. The summed E-state index contributed by atoms with van der Waals surface area (Å²) in [6.07, 6.45) is 0. The first-order chi connectivity index (χ1) is 7.25. The van der Waals surface area contributed by atoms with Gasteiger partial charge in [0.1, 0.15) is 0 Å². The van der Waals surface area contributed by atoms with Gasteiger partial charge in [-0.15, -0.1) is 21.5 Å². The van der Waals surface area contributed by atoms with Gasteiger partial charge in [0.2, 0.25) is 0 Å². The predicted molar refractivity (Wildman–Crippen MR) is 58.5 cm³/mol. The molecule has 2 rings (SSSR count). The number of rotatable bonds is 4. The first-order valence-electron chi connectivity index (χ1n) is 4.78. The average molecular weight is 223 g/mol. The molecule has 0 aliphatic rings. The minimum atomic E-state index is 0.321. The summed E-state index contributed by atoms with van der Waals surface area (Å²) in [5, 5.41) is 17.0. The zero-order chi connectivity index (χ0) is 10.7. The Labute approximate surface area is 91.9 Å². The predicted octanol–water partition coefficient (Wildman–Crippen LogP) is 1.42. The molecule has 80 valence electrons. The van der Waals surface area contributed by atoms with E-state index in [-0.39, 0.29) is 0 Å². The van der Waals surface area contributed by atoms with E-state index in [1.165, 1.54) is 9.75 Å². The molecule has 0 spiro atoms. The number of nitrogens with zero attached hydrogens (tertiary/aromatic N) is 3. The second-order valence-electron chi connectivity index (χ2n) is 3.38. The quantitative estimate of drug-likeness (QED) is 0.822. The highest BCUT2D eigenvalue weighted by atomic mass is 32.1. The summed E-state index contributed by atoms with van der Waals surface area (Å²) >= 11 is 1.81. The number of hydrogen-bond donors (Lipinski definition) is 2. The van der Waals surface area contributed by atoms with E-state index in [1.54, 1.807) is 11.3 Å². The van der Waals surface area contributed by atoms with Gasteiger partial charge in [0.25, 0.3) is 0 Å². The van der Waals surface area contributed by atoms with Crippen LogP contribution in [-0.4, -0.2) is 20.6 Å². The van der Waals surface area contributed by atoms with E-state index in [2.05, 4.69) is 51.9 Å². The average Bonchev–Trinajstić information content (AvgIpc) is 2.84. The highest BCUT2D eigenvalue weighted by Gasteiger charge is 2.07. The van der Waals surface area contributed by atoms with Crippen LogP contribution in [0.4, 0.5) is 0 Å². The third-order valence-electron chi connectivity index (χ3n) is 2.14. The molecule has 6 heteroatoms. The topological polar surface area (TPSA) is 66.5 Å². The third-order valence-corrected chi connectivity index (χ3v) is 3.33. The highest BCUT2D eigenvalue weighted by Crippen LogP contribution is 2.22. The molecule has 0 bridgehead atoms. The lowest BCUT2D eigenvalue weighted by Gasteiger charge is -2.09. The number of aromatic amines is 1. The van der Waals surface area contributed by atoms with E-state index in [9.17, 15) is 0 Å². The van der Waals surface area contributed by atoms with Crippen LogP contribution in [0.5, 0.6) is 0 Å². The molecule has 2 N–H and O–H groups in total. The number of H-pyrrole nitrogens is 1. The second kappa shape index (κ2) is 4.50. The van der Waals surface area contributed by atoms with Gasteiger partial charge >= 0.3 is 0 Å². The number of thiophene rings is 1. The fraction of sp³-hybridized carbons (Fsp3) is 0.444. The van der Waals surface area contributed by atoms with Crippen LogP contribution in [0.2, 0.25) is 0 Å². The number of hydrogen-bond acceptors (Lipinski definition) is 5. The van der Waals surface area contributed by atoms with Gasteiger partial charge in [-0.25, -0.2) is 0 Å². The summed E-state index contributed by atoms with van der Waals surface area (Å²) in [4.78, 5) is 2.66. The van der Waals surface area contributed by atoms with Crippen LogP contribution in [0.1, 0.15) is 28.5 Å². The van der Waals surface area contributed by atoms with Crippen molar-refractivity contribution in [1.29, 1.82) is 0 Å². The molecule has 1 atom stereocenters. The Hall–Kier alpha value is -1.27. The third kappa shape index (κ3) is 2.60. The van der Waals surface area contributed by atoms with Crippen molar-refractivity contribution in [2.75, 3.05) is 0 Å². The van der Waals surface area contributed by atoms with Crippen molar-refractivity contribution in [3.8, 4) is 0 Å². The normalized spacial score (nSPS) is 12.9. The summed E-state index contributed by atoms with van der Waals surface area (Å²) < 4.78 is 0. The fourth-order valence-electron chi connectivity index (χ4n) is 1.29. The molecule has 1 unspecified atom stereocenters. The zero-order valence-electron chi connectivity index (χ0n) is 8.69. The van der Waals surface area contributed by atoms with E-state index in [1.807, 2.05) is 0 Å². The van der Waals surface area contributed by atoms with Crippen molar-refractivity contribution in [2.45, 2.75) is 26.4 Å². The standard InChI is InChI=1S/C9H13N5S/c1-6-3-4-8(15-6)7(2)10-5-9-11-13-14-12-9/h3-4,7,10H,5H2,1-2H3,(H,11,12,13,14). The smallest absolute Gasteiger partial charge is 0.188 e. The number of aryl methyl sites for hydroxylation is 1. The maximum Gasteiger partial charge on any atom is 0.188 e. The summed E-state index contributed by atoms with van der Waals surface area (Å²) in [5.41, 5.74) is 0. The lowest BCUT2D eigenvalue weighted by Crippen LogP contribution is -2.17. The largest absolute Gasteiger partial charge is 0.302 e. The van der Waals surface area contributed by atoms with Gasteiger partial charge in [0.15, 0.2) is 5.82 Å². The molecule has 0 aromatic carbocycles. The van der Waals surface area contributed by atoms with Crippen LogP contribution < -0.4 is 5.32 Å². The molecule has 0 radical (unpaired) electrons. The fourth-order valence-corrected chi connectivity index (χ4v) is 2.19. The van der Waals surface area contributed by atoms with E-state index < -0.39 is 0 Å². The molecule has 15 heavy (non-hydrogen) atoms. The monoisotopic (exact) mass is 223 g/mol. The number of aromatic nitrogens is 4. The van der Waals surface area contributed by atoms with E-state index in [4.69, 9.17) is 0 Å². The zero-order valence-corrected chi connectivity index (χ0v) is 9.51. The molecular formula is C9H13N5S. The maximum atomic E-state index is 3.88. The molecular weight excluding hydrogens is 210 g/mol. The Morgan fingerprint density at radius 1 is 1.53 bits per heavy atom. The highest BCUT2D eigenvalue weighted by molar-refractivity contribution is 7.12. The van der Waals surface area contributed by atoms with Gasteiger partial charge in [-0.2, -0.15) is 5.21 Å². The molecule has 0 saturated carbocycles. The van der Waals surface area contributed by atoms with Crippen molar-refractivity contribution in [3.63, 3.8) is 0 Å².